The fourth-order valence-electron chi connectivity index (χ4n) is 1.49. The van der Waals surface area contributed by atoms with Crippen LogP contribution < -0.4 is 5.32 Å². The summed E-state index contributed by atoms with van der Waals surface area (Å²) in [6, 6.07) is 0.355. The van der Waals surface area contributed by atoms with Crippen LogP contribution in [0.4, 0.5) is 5.82 Å². The van der Waals surface area contributed by atoms with Gasteiger partial charge in [-0.25, -0.2) is 4.98 Å². The molecule has 0 radical (unpaired) electrons. The zero-order chi connectivity index (χ0) is 12.1. The highest BCUT2D eigenvalue weighted by Gasteiger charge is 2.13. The number of alkyl halides is 1. The van der Waals surface area contributed by atoms with Gasteiger partial charge in [0, 0.05) is 11.9 Å². The van der Waals surface area contributed by atoms with Crippen LogP contribution in [0.3, 0.4) is 0 Å². The Morgan fingerprint density at radius 1 is 1.31 bits per heavy atom. The van der Waals surface area contributed by atoms with E-state index in [4.69, 9.17) is 11.6 Å². The lowest BCUT2D eigenvalue weighted by atomic mass is 10.0. The lowest BCUT2D eigenvalue weighted by Crippen LogP contribution is -2.26. The average molecular weight is 242 g/mol. The molecule has 0 aromatic carbocycles. The standard InChI is InChI=1S/C12H20ClN3/c1-8(2)11(5-6-13)16-12-7-14-9(3)10(4)15-12/h7-8,11H,5-6H2,1-4H3,(H,15,16). The van der Waals surface area contributed by atoms with E-state index in [-0.39, 0.29) is 0 Å². The topological polar surface area (TPSA) is 37.8 Å². The second kappa shape index (κ2) is 6.04. The molecule has 0 fully saturated rings. The summed E-state index contributed by atoms with van der Waals surface area (Å²) in [6.45, 7) is 8.29. The van der Waals surface area contributed by atoms with E-state index in [1.54, 1.807) is 6.20 Å². The van der Waals surface area contributed by atoms with Crippen molar-refractivity contribution in [2.24, 2.45) is 5.92 Å². The van der Waals surface area contributed by atoms with E-state index in [0.29, 0.717) is 17.8 Å². The van der Waals surface area contributed by atoms with Gasteiger partial charge in [0.05, 0.1) is 17.6 Å². The highest BCUT2D eigenvalue weighted by molar-refractivity contribution is 6.17. The summed E-state index contributed by atoms with van der Waals surface area (Å²) in [7, 11) is 0. The largest absolute Gasteiger partial charge is 0.366 e. The van der Waals surface area contributed by atoms with Crippen LogP contribution in [0, 0.1) is 19.8 Å². The first-order chi connectivity index (χ1) is 7.54. The number of nitrogens with one attached hydrogen (secondary N) is 1. The molecule has 1 aromatic heterocycles. The molecule has 0 aliphatic heterocycles. The fourth-order valence-corrected chi connectivity index (χ4v) is 1.73. The molecule has 16 heavy (non-hydrogen) atoms. The van der Waals surface area contributed by atoms with Crippen molar-refractivity contribution in [3.8, 4) is 0 Å². The smallest absolute Gasteiger partial charge is 0.145 e. The molecular weight excluding hydrogens is 222 g/mol. The third-order valence-corrected chi connectivity index (χ3v) is 2.97. The molecular formula is C12H20ClN3. The second-order valence-corrected chi connectivity index (χ2v) is 4.78. The molecule has 1 N–H and O–H groups in total. The van der Waals surface area contributed by atoms with Gasteiger partial charge in [-0.3, -0.25) is 4.98 Å². The van der Waals surface area contributed by atoms with Crippen LogP contribution in [0.2, 0.25) is 0 Å². The Bertz CT molecular complexity index is 339. The van der Waals surface area contributed by atoms with Gasteiger partial charge < -0.3 is 5.32 Å². The quantitative estimate of drug-likeness (QED) is 0.805. The average Bonchev–Trinajstić information content (AvgIpc) is 2.22. The Kier molecular flexibility index (Phi) is 5.00. The Labute approximate surface area is 103 Å². The van der Waals surface area contributed by atoms with Crippen LogP contribution in [0.25, 0.3) is 0 Å². The van der Waals surface area contributed by atoms with Crippen molar-refractivity contribution >= 4 is 17.4 Å². The predicted molar refractivity (Wildman–Crippen MR) is 69.1 cm³/mol. The molecule has 0 amide bonds. The summed E-state index contributed by atoms with van der Waals surface area (Å²) in [6.07, 6.45) is 2.72. The first-order valence-electron chi connectivity index (χ1n) is 5.67. The zero-order valence-corrected chi connectivity index (χ0v) is 11.2. The summed E-state index contributed by atoms with van der Waals surface area (Å²) >= 11 is 5.79. The van der Waals surface area contributed by atoms with Crippen molar-refractivity contribution < 1.29 is 0 Å². The molecule has 1 unspecified atom stereocenters. The van der Waals surface area contributed by atoms with Crippen LogP contribution in [0.5, 0.6) is 0 Å². The van der Waals surface area contributed by atoms with Crippen molar-refractivity contribution in [2.75, 3.05) is 11.2 Å². The fraction of sp³-hybridized carbons (Fsp3) is 0.667. The maximum Gasteiger partial charge on any atom is 0.145 e. The van der Waals surface area contributed by atoms with Crippen LogP contribution in [-0.2, 0) is 0 Å². The summed E-state index contributed by atoms with van der Waals surface area (Å²) in [5, 5.41) is 3.39. The SMILES string of the molecule is Cc1ncc(NC(CCCl)C(C)C)nc1C. The molecule has 1 heterocycles. The molecule has 0 bridgehead atoms. The molecule has 90 valence electrons. The van der Waals surface area contributed by atoms with Gasteiger partial charge >= 0.3 is 0 Å². The number of rotatable bonds is 5. The number of nitrogens with zero attached hydrogens (tertiary/aromatic N) is 2. The molecule has 1 rings (SSSR count). The Balaban J connectivity index is 2.73. The van der Waals surface area contributed by atoms with Crippen LogP contribution in [-0.4, -0.2) is 21.9 Å². The van der Waals surface area contributed by atoms with Gasteiger partial charge in [-0.2, -0.15) is 0 Å². The van der Waals surface area contributed by atoms with E-state index < -0.39 is 0 Å². The highest BCUT2D eigenvalue weighted by Crippen LogP contribution is 2.14. The Hall–Kier alpha value is -0.830. The summed E-state index contributed by atoms with van der Waals surface area (Å²) < 4.78 is 0. The lowest BCUT2D eigenvalue weighted by molar-refractivity contribution is 0.511. The molecule has 3 nitrogen and oxygen atoms in total. The molecule has 4 heteroatoms. The normalized spacial score (nSPS) is 12.9. The van der Waals surface area contributed by atoms with Crippen molar-refractivity contribution in [2.45, 2.75) is 40.2 Å². The number of hydrogen-bond donors (Lipinski definition) is 1. The van der Waals surface area contributed by atoms with Gasteiger partial charge in [-0.1, -0.05) is 13.8 Å². The predicted octanol–water partition coefficient (Wildman–Crippen LogP) is 3.16. The van der Waals surface area contributed by atoms with Crippen LogP contribution in [0.15, 0.2) is 6.20 Å². The Morgan fingerprint density at radius 3 is 2.50 bits per heavy atom. The number of aryl methyl sites for hydroxylation is 2. The van der Waals surface area contributed by atoms with Gasteiger partial charge in [-0.05, 0) is 26.2 Å². The monoisotopic (exact) mass is 241 g/mol. The van der Waals surface area contributed by atoms with Gasteiger partial charge in [0.25, 0.3) is 0 Å². The van der Waals surface area contributed by atoms with Crippen molar-refractivity contribution in [1.82, 2.24) is 9.97 Å². The van der Waals surface area contributed by atoms with E-state index in [9.17, 15) is 0 Å². The number of hydrogen-bond acceptors (Lipinski definition) is 3. The summed E-state index contributed by atoms with van der Waals surface area (Å²) in [5.74, 6) is 2.03. The maximum atomic E-state index is 5.79. The minimum Gasteiger partial charge on any atom is -0.366 e. The zero-order valence-electron chi connectivity index (χ0n) is 10.4. The molecule has 0 saturated heterocycles. The first kappa shape index (κ1) is 13.2. The number of anilines is 1. The number of halogens is 1. The molecule has 0 saturated carbocycles. The van der Waals surface area contributed by atoms with Crippen molar-refractivity contribution in [3.05, 3.63) is 17.6 Å². The lowest BCUT2D eigenvalue weighted by Gasteiger charge is -2.22. The molecule has 0 spiro atoms. The van der Waals surface area contributed by atoms with E-state index in [1.807, 2.05) is 13.8 Å². The van der Waals surface area contributed by atoms with E-state index >= 15 is 0 Å². The van der Waals surface area contributed by atoms with E-state index in [2.05, 4.69) is 29.1 Å². The van der Waals surface area contributed by atoms with Gasteiger partial charge in [-0.15, -0.1) is 11.6 Å². The maximum absolute atomic E-state index is 5.79. The number of aromatic nitrogens is 2. The minimum absolute atomic E-state index is 0.355. The van der Waals surface area contributed by atoms with Crippen LogP contribution >= 0.6 is 11.6 Å². The van der Waals surface area contributed by atoms with E-state index in [1.165, 1.54) is 0 Å². The first-order valence-corrected chi connectivity index (χ1v) is 6.20. The summed E-state index contributed by atoms with van der Waals surface area (Å²) in [4.78, 5) is 8.75. The summed E-state index contributed by atoms with van der Waals surface area (Å²) in [5.41, 5.74) is 1.95. The van der Waals surface area contributed by atoms with E-state index in [0.717, 1.165) is 23.6 Å². The van der Waals surface area contributed by atoms with Gasteiger partial charge in [0.1, 0.15) is 5.82 Å². The van der Waals surface area contributed by atoms with Crippen molar-refractivity contribution in [3.63, 3.8) is 0 Å². The molecule has 1 aromatic rings. The van der Waals surface area contributed by atoms with Gasteiger partial charge in [0.2, 0.25) is 0 Å². The minimum atomic E-state index is 0.355. The van der Waals surface area contributed by atoms with Gasteiger partial charge in [0.15, 0.2) is 0 Å². The second-order valence-electron chi connectivity index (χ2n) is 4.40. The van der Waals surface area contributed by atoms with Crippen LogP contribution in [0.1, 0.15) is 31.7 Å². The molecule has 0 aliphatic carbocycles. The molecule has 1 atom stereocenters. The Morgan fingerprint density at radius 2 is 2.00 bits per heavy atom. The third-order valence-electron chi connectivity index (χ3n) is 2.75. The third kappa shape index (κ3) is 3.63. The molecule has 0 aliphatic rings. The highest BCUT2D eigenvalue weighted by atomic mass is 35.5. The van der Waals surface area contributed by atoms with Crippen molar-refractivity contribution in [1.29, 1.82) is 0 Å².